The number of benzene rings is 2. The van der Waals surface area contributed by atoms with Crippen LogP contribution in [0.25, 0.3) is 10.8 Å². The molecule has 2 aromatic carbocycles. The van der Waals surface area contributed by atoms with Crippen molar-refractivity contribution < 1.29 is 23.4 Å². The average Bonchev–Trinajstić information content (AvgIpc) is 2.67. The number of nitrogens with one attached hydrogen (secondary N) is 1. The van der Waals surface area contributed by atoms with Crippen LogP contribution >= 0.6 is 0 Å². The lowest BCUT2D eigenvalue weighted by atomic mass is 10.0. The maximum absolute atomic E-state index is 13.9. The number of carbonyl (C=O) groups is 1. The minimum atomic E-state index is -0.753. The van der Waals surface area contributed by atoms with Gasteiger partial charge in [0.2, 0.25) is 0 Å². The summed E-state index contributed by atoms with van der Waals surface area (Å²) in [4.78, 5) is 23.8. The number of methoxy groups -OCH3 is 1. The fraction of sp³-hybridized carbons (Fsp3) is 0.250. The van der Waals surface area contributed by atoms with Crippen molar-refractivity contribution in [3.63, 3.8) is 0 Å². The summed E-state index contributed by atoms with van der Waals surface area (Å²) in [6.07, 6.45) is 0.281. The first-order valence-electron chi connectivity index (χ1n) is 8.67. The zero-order valence-electron chi connectivity index (χ0n) is 15.0. The van der Waals surface area contributed by atoms with Crippen LogP contribution in [0, 0.1) is 5.82 Å². The van der Waals surface area contributed by atoms with Gasteiger partial charge in [-0.25, -0.2) is 14.3 Å². The molecule has 0 atom stereocenters. The van der Waals surface area contributed by atoms with E-state index in [-0.39, 0.29) is 23.6 Å². The van der Waals surface area contributed by atoms with Crippen LogP contribution in [0.2, 0.25) is 0 Å². The normalized spacial score (nSPS) is 13.9. The number of hydrogen-bond donors (Lipinski definition) is 1. The van der Waals surface area contributed by atoms with Crippen LogP contribution in [-0.4, -0.2) is 42.6 Å². The van der Waals surface area contributed by atoms with Crippen LogP contribution in [0.4, 0.5) is 4.39 Å². The van der Waals surface area contributed by atoms with Gasteiger partial charge in [-0.05, 0) is 35.9 Å². The molecule has 0 amide bonds. The first-order valence-corrected chi connectivity index (χ1v) is 8.67. The molecule has 3 aromatic rings. The molecule has 0 radical (unpaired) electrons. The first kappa shape index (κ1) is 18.1. The third kappa shape index (κ3) is 3.46. The van der Waals surface area contributed by atoms with E-state index in [1.165, 1.54) is 19.2 Å². The van der Waals surface area contributed by atoms with E-state index in [1.54, 1.807) is 24.3 Å². The quantitative estimate of drug-likeness (QED) is 0.679. The second-order valence-electron chi connectivity index (χ2n) is 6.47. The Kier molecular flexibility index (Phi) is 4.79. The van der Waals surface area contributed by atoms with Crippen LogP contribution in [0.5, 0.6) is 5.75 Å². The fourth-order valence-corrected chi connectivity index (χ4v) is 3.02. The number of esters is 1. The lowest BCUT2D eigenvalue weighted by Crippen LogP contribution is -2.38. The molecule has 1 N–H and O–H groups in total. The Bertz CT molecular complexity index is 1110. The van der Waals surface area contributed by atoms with Gasteiger partial charge in [0.25, 0.3) is 5.56 Å². The molecule has 0 spiro atoms. The van der Waals surface area contributed by atoms with Gasteiger partial charge in [-0.1, -0.05) is 6.07 Å². The molecule has 4 rings (SSSR count). The second kappa shape index (κ2) is 7.40. The number of H-pyrrole nitrogens is 1. The van der Waals surface area contributed by atoms with E-state index in [4.69, 9.17) is 9.47 Å². The minimum Gasteiger partial charge on any atom is -0.486 e. The van der Waals surface area contributed by atoms with Crippen LogP contribution in [0.3, 0.4) is 0 Å². The number of nitrogens with zero attached hydrogens (tertiary/aromatic N) is 1. The Labute approximate surface area is 159 Å². The van der Waals surface area contributed by atoms with Crippen LogP contribution in [-0.2, 0) is 15.9 Å². The highest BCUT2D eigenvalue weighted by Gasteiger charge is 2.21. The fourth-order valence-electron chi connectivity index (χ4n) is 3.02. The molecule has 0 saturated carbocycles. The summed E-state index contributed by atoms with van der Waals surface area (Å²) in [5.41, 5.74) is 0.767. The number of fused-ring (bicyclic) bond motifs is 1. The van der Waals surface area contributed by atoms with E-state index in [9.17, 15) is 14.0 Å². The predicted molar refractivity (Wildman–Crippen MR) is 98.1 cm³/mol. The Hall–Kier alpha value is -3.26. The van der Waals surface area contributed by atoms with Crippen molar-refractivity contribution in [2.75, 3.05) is 20.3 Å². The summed E-state index contributed by atoms with van der Waals surface area (Å²) in [6.45, 7) is 1.06. The standard InChI is InChI=1S/C20H17FN2O5/c1-26-20(25)16-6-11(2-5-17(16)21)7-18-15-8-12(28-13-9-27-10-13)3-4-14(15)19(24)23-22-18/h2-6,8,13H,7,9-10H2,1H3,(H,23,24). The third-order valence-electron chi connectivity index (χ3n) is 4.56. The maximum Gasteiger partial charge on any atom is 0.340 e. The topological polar surface area (TPSA) is 90.5 Å². The molecule has 2 heterocycles. The van der Waals surface area contributed by atoms with Gasteiger partial charge in [0.15, 0.2) is 0 Å². The molecular formula is C20H17FN2O5. The monoisotopic (exact) mass is 384 g/mol. The van der Waals surface area contributed by atoms with Gasteiger partial charge in [-0.3, -0.25) is 4.79 Å². The van der Waals surface area contributed by atoms with E-state index in [1.807, 2.05) is 0 Å². The molecule has 1 aliphatic heterocycles. The molecule has 1 aliphatic rings. The molecule has 28 heavy (non-hydrogen) atoms. The van der Waals surface area contributed by atoms with Crippen molar-refractivity contribution in [1.82, 2.24) is 10.2 Å². The summed E-state index contributed by atoms with van der Waals surface area (Å²) in [5.74, 6) is -0.797. The lowest BCUT2D eigenvalue weighted by Gasteiger charge is -2.26. The van der Waals surface area contributed by atoms with E-state index in [0.29, 0.717) is 41.0 Å². The van der Waals surface area contributed by atoms with Gasteiger partial charge < -0.3 is 14.2 Å². The first-order chi connectivity index (χ1) is 13.5. The molecule has 0 unspecified atom stereocenters. The summed E-state index contributed by atoms with van der Waals surface area (Å²) < 4.78 is 29.4. The van der Waals surface area contributed by atoms with Crippen molar-refractivity contribution in [3.8, 4) is 5.75 Å². The van der Waals surface area contributed by atoms with Gasteiger partial charge in [-0.2, -0.15) is 5.10 Å². The molecule has 0 aliphatic carbocycles. The van der Waals surface area contributed by atoms with Gasteiger partial charge >= 0.3 is 5.97 Å². The molecule has 144 valence electrons. The molecule has 1 saturated heterocycles. The highest BCUT2D eigenvalue weighted by molar-refractivity contribution is 5.90. The average molecular weight is 384 g/mol. The number of hydrogen-bond acceptors (Lipinski definition) is 6. The summed E-state index contributed by atoms with van der Waals surface area (Å²) >= 11 is 0. The van der Waals surface area contributed by atoms with Gasteiger partial charge in [0, 0.05) is 11.8 Å². The zero-order valence-corrected chi connectivity index (χ0v) is 15.0. The van der Waals surface area contributed by atoms with Crippen molar-refractivity contribution in [1.29, 1.82) is 0 Å². The summed E-state index contributed by atoms with van der Waals surface area (Å²) in [7, 11) is 1.19. The molecule has 7 nitrogen and oxygen atoms in total. The molecule has 1 fully saturated rings. The molecule has 8 heteroatoms. The molecule has 0 bridgehead atoms. The predicted octanol–water partition coefficient (Wildman–Crippen LogP) is 2.22. The van der Waals surface area contributed by atoms with E-state index in [2.05, 4.69) is 14.9 Å². The third-order valence-corrected chi connectivity index (χ3v) is 4.56. The van der Waals surface area contributed by atoms with Gasteiger partial charge in [0.1, 0.15) is 17.7 Å². The van der Waals surface area contributed by atoms with Crippen molar-refractivity contribution >= 4 is 16.7 Å². The zero-order chi connectivity index (χ0) is 19.7. The SMILES string of the molecule is COC(=O)c1cc(Cc2n[nH]c(=O)c3ccc(OC4COC4)cc23)ccc1F. The highest BCUT2D eigenvalue weighted by atomic mass is 19.1. The van der Waals surface area contributed by atoms with Crippen LogP contribution in [0.15, 0.2) is 41.2 Å². The van der Waals surface area contributed by atoms with Crippen molar-refractivity contribution in [3.05, 3.63) is 69.4 Å². The Balaban J connectivity index is 1.71. The minimum absolute atomic E-state index is 0.00410. The number of aromatic nitrogens is 2. The van der Waals surface area contributed by atoms with Crippen LogP contribution in [0.1, 0.15) is 21.6 Å². The van der Waals surface area contributed by atoms with E-state index in [0.717, 1.165) is 0 Å². The smallest absolute Gasteiger partial charge is 0.340 e. The van der Waals surface area contributed by atoms with Crippen LogP contribution < -0.4 is 10.3 Å². The number of halogens is 1. The Morgan fingerprint density at radius 3 is 2.79 bits per heavy atom. The van der Waals surface area contributed by atoms with Gasteiger partial charge in [-0.15, -0.1) is 0 Å². The Morgan fingerprint density at radius 1 is 1.25 bits per heavy atom. The number of carbonyl (C=O) groups excluding carboxylic acids is 1. The number of ether oxygens (including phenoxy) is 3. The summed E-state index contributed by atoms with van der Waals surface area (Å²) in [5, 5.41) is 7.72. The number of aromatic amines is 1. The van der Waals surface area contributed by atoms with E-state index < -0.39 is 11.8 Å². The van der Waals surface area contributed by atoms with E-state index >= 15 is 0 Å². The largest absolute Gasteiger partial charge is 0.486 e. The van der Waals surface area contributed by atoms with Crippen molar-refractivity contribution in [2.45, 2.75) is 12.5 Å². The molecule has 1 aromatic heterocycles. The number of rotatable bonds is 5. The van der Waals surface area contributed by atoms with Gasteiger partial charge in [0.05, 0.1) is 37.0 Å². The lowest BCUT2D eigenvalue weighted by molar-refractivity contribution is -0.0796. The van der Waals surface area contributed by atoms with Crippen molar-refractivity contribution in [2.24, 2.45) is 0 Å². The second-order valence-corrected chi connectivity index (χ2v) is 6.47. The molecular weight excluding hydrogens is 367 g/mol. The highest BCUT2D eigenvalue weighted by Crippen LogP contribution is 2.24. The maximum atomic E-state index is 13.9. The Morgan fingerprint density at radius 2 is 2.07 bits per heavy atom. The summed E-state index contributed by atoms with van der Waals surface area (Å²) in [6, 6.07) is 9.36.